The van der Waals surface area contributed by atoms with Gasteiger partial charge in [0, 0.05) is 11.4 Å². The topological polar surface area (TPSA) is 24.9 Å². The van der Waals surface area contributed by atoms with E-state index in [1.807, 2.05) is 11.3 Å². The van der Waals surface area contributed by atoms with Crippen LogP contribution in [0.2, 0.25) is 0 Å². The molecule has 0 unspecified atom stereocenters. The molecule has 0 fully saturated rings. The molecule has 2 aliphatic rings. The Balaban J connectivity index is 1.91. The van der Waals surface area contributed by atoms with Crippen molar-refractivity contribution >= 4 is 16.9 Å². The molecule has 0 saturated heterocycles. The number of thiazole rings is 1. The van der Waals surface area contributed by atoms with Gasteiger partial charge in [-0.2, -0.15) is 0 Å². The van der Waals surface area contributed by atoms with Crippen molar-refractivity contribution in [2.75, 3.05) is 13.1 Å². The van der Waals surface area contributed by atoms with Gasteiger partial charge in [-0.1, -0.05) is 6.08 Å². The molecule has 0 spiro atoms. The average molecular weight is 220 g/mol. The van der Waals surface area contributed by atoms with Crippen LogP contribution in [0, 0.1) is 0 Å². The second-order valence-corrected chi connectivity index (χ2v) is 5.36. The predicted molar refractivity (Wildman–Crippen MR) is 64.2 cm³/mol. The highest BCUT2D eigenvalue weighted by molar-refractivity contribution is 7.12. The second kappa shape index (κ2) is 4.06. The van der Waals surface area contributed by atoms with Crippen LogP contribution in [-0.4, -0.2) is 18.1 Å². The fourth-order valence-corrected chi connectivity index (χ4v) is 3.52. The zero-order valence-corrected chi connectivity index (χ0v) is 9.70. The van der Waals surface area contributed by atoms with Gasteiger partial charge in [-0.05, 0) is 44.2 Å². The highest BCUT2D eigenvalue weighted by Crippen LogP contribution is 2.31. The largest absolute Gasteiger partial charge is 0.313 e. The highest BCUT2D eigenvalue weighted by atomic mass is 32.1. The van der Waals surface area contributed by atoms with Crippen LogP contribution in [0.1, 0.15) is 34.8 Å². The third-order valence-corrected chi connectivity index (χ3v) is 4.42. The van der Waals surface area contributed by atoms with E-state index in [0.29, 0.717) is 0 Å². The highest BCUT2D eigenvalue weighted by Gasteiger charge is 2.17. The molecule has 1 aromatic heterocycles. The van der Waals surface area contributed by atoms with Gasteiger partial charge < -0.3 is 5.32 Å². The van der Waals surface area contributed by atoms with Crippen LogP contribution >= 0.6 is 11.3 Å². The quantitative estimate of drug-likeness (QED) is 0.786. The summed E-state index contributed by atoms with van der Waals surface area (Å²) < 4.78 is 0. The van der Waals surface area contributed by atoms with Gasteiger partial charge in [0.05, 0.1) is 5.69 Å². The zero-order chi connectivity index (χ0) is 10.1. The van der Waals surface area contributed by atoms with Crippen LogP contribution in [-0.2, 0) is 12.8 Å². The van der Waals surface area contributed by atoms with E-state index in [2.05, 4.69) is 11.4 Å². The van der Waals surface area contributed by atoms with Crippen molar-refractivity contribution in [3.05, 3.63) is 21.7 Å². The van der Waals surface area contributed by atoms with E-state index in [9.17, 15) is 0 Å². The molecule has 0 aromatic carbocycles. The van der Waals surface area contributed by atoms with Crippen molar-refractivity contribution in [1.29, 1.82) is 0 Å². The van der Waals surface area contributed by atoms with Gasteiger partial charge in [0.25, 0.3) is 0 Å². The molecular formula is C12H16N2S. The number of nitrogens with zero attached hydrogens (tertiary/aromatic N) is 1. The summed E-state index contributed by atoms with van der Waals surface area (Å²) in [7, 11) is 0. The van der Waals surface area contributed by atoms with Gasteiger partial charge in [0.1, 0.15) is 5.01 Å². The minimum atomic E-state index is 1.01. The summed E-state index contributed by atoms with van der Waals surface area (Å²) in [6, 6.07) is 0. The minimum absolute atomic E-state index is 1.01. The maximum absolute atomic E-state index is 4.80. The average Bonchev–Trinajstić information content (AvgIpc) is 2.74. The monoisotopic (exact) mass is 220 g/mol. The van der Waals surface area contributed by atoms with Crippen LogP contribution in [0.25, 0.3) is 5.57 Å². The third-order valence-electron chi connectivity index (χ3n) is 3.18. The first-order valence-corrected chi connectivity index (χ1v) is 6.64. The fraction of sp³-hybridized carbons (Fsp3) is 0.583. The Morgan fingerprint density at radius 3 is 2.93 bits per heavy atom. The van der Waals surface area contributed by atoms with E-state index < -0.39 is 0 Å². The Kier molecular flexibility index (Phi) is 2.59. The smallest absolute Gasteiger partial charge is 0.119 e. The zero-order valence-electron chi connectivity index (χ0n) is 8.88. The Bertz CT molecular complexity index is 369. The van der Waals surface area contributed by atoms with Crippen LogP contribution in [0.15, 0.2) is 6.08 Å². The molecule has 1 aliphatic carbocycles. The van der Waals surface area contributed by atoms with Gasteiger partial charge in [-0.3, -0.25) is 0 Å². The van der Waals surface area contributed by atoms with Crippen LogP contribution in [0.4, 0.5) is 0 Å². The first kappa shape index (κ1) is 9.55. The Labute approximate surface area is 94.4 Å². The summed E-state index contributed by atoms with van der Waals surface area (Å²) in [5, 5.41) is 4.64. The number of rotatable bonds is 1. The molecule has 2 heterocycles. The number of hydrogen-bond acceptors (Lipinski definition) is 3. The molecule has 1 aliphatic heterocycles. The lowest BCUT2D eigenvalue weighted by atomic mass is 10.0. The fourth-order valence-electron chi connectivity index (χ4n) is 2.31. The third kappa shape index (κ3) is 1.86. The molecular weight excluding hydrogens is 204 g/mol. The molecule has 0 saturated carbocycles. The summed E-state index contributed by atoms with van der Waals surface area (Å²) in [5.41, 5.74) is 2.86. The molecule has 15 heavy (non-hydrogen) atoms. The van der Waals surface area contributed by atoms with Gasteiger partial charge in [-0.15, -0.1) is 11.3 Å². The van der Waals surface area contributed by atoms with Crippen molar-refractivity contribution < 1.29 is 0 Å². The van der Waals surface area contributed by atoms with Crippen LogP contribution in [0.5, 0.6) is 0 Å². The molecule has 0 bridgehead atoms. The Morgan fingerprint density at radius 2 is 2.13 bits per heavy atom. The lowest BCUT2D eigenvalue weighted by Gasteiger charge is -2.11. The van der Waals surface area contributed by atoms with E-state index in [-0.39, 0.29) is 0 Å². The van der Waals surface area contributed by atoms with Gasteiger partial charge >= 0.3 is 0 Å². The maximum Gasteiger partial charge on any atom is 0.119 e. The number of aryl methyl sites for hydroxylation is 2. The summed E-state index contributed by atoms with van der Waals surface area (Å²) in [5.74, 6) is 0. The van der Waals surface area contributed by atoms with E-state index in [1.54, 1.807) is 4.88 Å². The normalized spacial score (nSPS) is 20.9. The second-order valence-electron chi connectivity index (χ2n) is 4.28. The van der Waals surface area contributed by atoms with Crippen molar-refractivity contribution in [2.24, 2.45) is 0 Å². The van der Waals surface area contributed by atoms with E-state index >= 15 is 0 Å². The summed E-state index contributed by atoms with van der Waals surface area (Å²) in [4.78, 5) is 6.35. The van der Waals surface area contributed by atoms with Crippen molar-refractivity contribution in [2.45, 2.75) is 32.1 Å². The predicted octanol–water partition coefficient (Wildman–Crippen LogP) is 2.40. The number of aromatic nitrogens is 1. The van der Waals surface area contributed by atoms with Gasteiger partial charge in [-0.25, -0.2) is 4.98 Å². The molecule has 3 heteroatoms. The van der Waals surface area contributed by atoms with Crippen molar-refractivity contribution in [1.82, 2.24) is 10.3 Å². The summed E-state index contributed by atoms with van der Waals surface area (Å²) >= 11 is 1.93. The summed E-state index contributed by atoms with van der Waals surface area (Å²) in [6.45, 7) is 2.12. The SMILES string of the molecule is C1=C(c2nc3c(s2)CCCC3)CCNC1. The van der Waals surface area contributed by atoms with Crippen molar-refractivity contribution in [3.63, 3.8) is 0 Å². The standard InChI is InChI=1S/C12H16N2S/c1-2-4-11-10(3-1)14-12(15-11)9-5-7-13-8-6-9/h5,13H,1-4,6-8H2. The molecule has 80 valence electrons. The lowest BCUT2D eigenvalue weighted by Crippen LogP contribution is -2.19. The van der Waals surface area contributed by atoms with Gasteiger partial charge in [0.2, 0.25) is 0 Å². The van der Waals surface area contributed by atoms with E-state index in [0.717, 1.165) is 19.5 Å². The van der Waals surface area contributed by atoms with Crippen LogP contribution in [0.3, 0.4) is 0 Å². The van der Waals surface area contributed by atoms with Crippen LogP contribution < -0.4 is 5.32 Å². The first-order chi connectivity index (χ1) is 7.43. The molecule has 3 rings (SSSR count). The molecule has 0 atom stereocenters. The minimum Gasteiger partial charge on any atom is -0.313 e. The van der Waals surface area contributed by atoms with E-state index in [1.165, 1.54) is 42.0 Å². The summed E-state index contributed by atoms with van der Waals surface area (Å²) in [6.07, 6.45) is 8.60. The molecule has 2 nitrogen and oxygen atoms in total. The maximum atomic E-state index is 4.80. The van der Waals surface area contributed by atoms with Gasteiger partial charge in [0.15, 0.2) is 0 Å². The molecule has 0 amide bonds. The number of hydrogen-bond donors (Lipinski definition) is 1. The number of nitrogens with one attached hydrogen (secondary N) is 1. The molecule has 1 N–H and O–H groups in total. The first-order valence-electron chi connectivity index (χ1n) is 5.82. The number of fused-ring (bicyclic) bond motifs is 1. The van der Waals surface area contributed by atoms with E-state index in [4.69, 9.17) is 4.98 Å². The molecule has 1 aromatic rings. The Hall–Kier alpha value is -0.670. The Morgan fingerprint density at radius 1 is 1.20 bits per heavy atom. The van der Waals surface area contributed by atoms with Crippen molar-refractivity contribution in [3.8, 4) is 0 Å². The lowest BCUT2D eigenvalue weighted by molar-refractivity contribution is 0.681. The molecule has 0 radical (unpaired) electrons.